The van der Waals surface area contributed by atoms with E-state index in [1.165, 1.54) is 19.1 Å². The molecule has 0 fully saturated rings. The lowest BCUT2D eigenvalue weighted by Gasteiger charge is -2.23. The van der Waals surface area contributed by atoms with Crippen molar-refractivity contribution in [2.75, 3.05) is 11.9 Å². The molecule has 0 aromatic heterocycles. The van der Waals surface area contributed by atoms with Gasteiger partial charge in [0.2, 0.25) is 0 Å². The number of imide groups is 1. The van der Waals surface area contributed by atoms with Crippen LogP contribution in [0.4, 0.5) is 5.69 Å². The highest BCUT2D eigenvalue weighted by atomic mass is 16.5. The molecule has 1 N–H and O–H groups in total. The summed E-state index contributed by atoms with van der Waals surface area (Å²) in [5.74, 6) is -2.44. The zero-order valence-electron chi connectivity index (χ0n) is 17.4. The number of para-hydroxylation sites is 1. The van der Waals surface area contributed by atoms with Crippen LogP contribution in [0, 0.1) is 0 Å². The molecule has 2 aromatic rings. The fourth-order valence-electron chi connectivity index (χ4n) is 3.35. The van der Waals surface area contributed by atoms with Gasteiger partial charge in [-0.1, -0.05) is 51.1 Å². The van der Waals surface area contributed by atoms with Crippen molar-refractivity contribution in [3.05, 3.63) is 65.2 Å². The van der Waals surface area contributed by atoms with Gasteiger partial charge in [0, 0.05) is 5.69 Å². The Morgan fingerprint density at radius 1 is 0.967 bits per heavy atom. The third-order valence-electron chi connectivity index (χ3n) is 4.91. The molecular weight excluding hydrogens is 384 g/mol. The number of carbonyl (C=O) groups excluding carboxylic acids is 4. The van der Waals surface area contributed by atoms with Gasteiger partial charge in [-0.2, -0.15) is 0 Å². The Balaban J connectivity index is 1.62. The fourth-order valence-corrected chi connectivity index (χ4v) is 3.35. The van der Waals surface area contributed by atoms with Crippen LogP contribution in [0.1, 0.15) is 54.0 Å². The SMILES string of the molecule is C[C@H](C(=O)OCC(=O)Nc1ccccc1C(C)(C)C)N1C(=O)c2ccccc2C1=O. The van der Waals surface area contributed by atoms with E-state index in [0.29, 0.717) is 5.69 Å². The van der Waals surface area contributed by atoms with Crippen molar-refractivity contribution in [2.45, 2.75) is 39.2 Å². The maximum absolute atomic E-state index is 12.5. The van der Waals surface area contributed by atoms with Crippen LogP contribution in [0.3, 0.4) is 0 Å². The number of ether oxygens (including phenoxy) is 1. The molecule has 30 heavy (non-hydrogen) atoms. The van der Waals surface area contributed by atoms with E-state index in [1.54, 1.807) is 24.3 Å². The van der Waals surface area contributed by atoms with Crippen LogP contribution >= 0.6 is 0 Å². The average molecular weight is 408 g/mol. The number of hydrogen-bond donors (Lipinski definition) is 1. The molecule has 0 unspecified atom stereocenters. The number of esters is 1. The van der Waals surface area contributed by atoms with Gasteiger partial charge in [0.15, 0.2) is 6.61 Å². The first kappa shape index (κ1) is 21.2. The van der Waals surface area contributed by atoms with Crippen LogP contribution in [-0.4, -0.2) is 41.2 Å². The van der Waals surface area contributed by atoms with Crippen LogP contribution in [0.5, 0.6) is 0 Å². The van der Waals surface area contributed by atoms with Crippen molar-refractivity contribution in [2.24, 2.45) is 0 Å². The van der Waals surface area contributed by atoms with Crippen LogP contribution in [0.2, 0.25) is 0 Å². The first-order valence-corrected chi connectivity index (χ1v) is 9.64. The van der Waals surface area contributed by atoms with E-state index in [9.17, 15) is 19.2 Å². The van der Waals surface area contributed by atoms with Crippen LogP contribution in [0.15, 0.2) is 48.5 Å². The molecule has 0 bridgehead atoms. The highest BCUT2D eigenvalue weighted by molar-refractivity contribution is 6.22. The molecule has 3 amide bonds. The largest absolute Gasteiger partial charge is 0.454 e. The van der Waals surface area contributed by atoms with Crippen LogP contribution in [0.25, 0.3) is 0 Å². The number of nitrogens with one attached hydrogen (secondary N) is 1. The second-order valence-corrected chi connectivity index (χ2v) is 8.15. The summed E-state index contributed by atoms with van der Waals surface area (Å²) in [5.41, 5.74) is 1.90. The second-order valence-electron chi connectivity index (χ2n) is 8.15. The standard InChI is InChI=1S/C23H24N2O5/c1-14(25-20(27)15-9-5-6-10-16(15)21(25)28)22(29)30-13-19(26)24-18-12-8-7-11-17(18)23(2,3)4/h5-12,14H,13H2,1-4H3,(H,24,26)/t14-/m1/s1. The smallest absolute Gasteiger partial charge is 0.329 e. The molecule has 1 heterocycles. The minimum absolute atomic E-state index is 0.180. The first-order valence-electron chi connectivity index (χ1n) is 9.64. The van der Waals surface area contributed by atoms with Gasteiger partial charge in [0.25, 0.3) is 17.7 Å². The van der Waals surface area contributed by atoms with Gasteiger partial charge >= 0.3 is 5.97 Å². The summed E-state index contributed by atoms with van der Waals surface area (Å²) in [6.45, 7) is 6.97. The number of anilines is 1. The zero-order chi connectivity index (χ0) is 22.1. The lowest BCUT2D eigenvalue weighted by molar-refractivity contribution is -0.150. The lowest BCUT2D eigenvalue weighted by atomic mass is 9.86. The maximum Gasteiger partial charge on any atom is 0.329 e. The first-order chi connectivity index (χ1) is 14.1. The Morgan fingerprint density at radius 2 is 1.50 bits per heavy atom. The summed E-state index contributed by atoms with van der Waals surface area (Å²) in [6.07, 6.45) is 0. The molecule has 0 saturated heterocycles. The topological polar surface area (TPSA) is 92.8 Å². The van der Waals surface area contributed by atoms with E-state index >= 15 is 0 Å². The van der Waals surface area contributed by atoms with Gasteiger partial charge in [-0.05, 0) is 36.1 Å². The van der Waals surface area contributed by atoms with Gasteiger partial charge in [-0.3, -0.25) is 19.3 Å². The summed E-state index contributed by atoms with van der Waals surface area (Å²) < 4.78 is 5.07. The van der Waals surface area contributed by atoms with E-state index in [2.05, 4.69) is 5.32 Å². The van der Waals surface area contributed by atoms with Crippen LogP contribution in [-0.2, 0) is 19.7 Å². The molecule has 3 rings (SSSR count). The summed E-state index contributed by atoms with van der Waals surface area (Å²) >= 11 is 0. The molecule has 2 aromatic carbocycles. The molecule has 1 aliphatic rings. The Morgan fingerprint density at radius 3 is 2.07 bits per heavy atom. The molecule has 7 heteroatoms. The van der Waals surface area contributed by atoms with Crippen molar-refractivity contribution in [3.8, 4) is 0 Å². The summed E-state index contributed by atoms with van der Waals surface area (Å²) in [4.78, 5) is 50.5. The number of fused-ring (bicyclic) bond motifs is 1. The van der Waals surface area contributed by atoms with E-state index in [-0.39, 0.29) is 16.5 Å². The molecular formula is C23H24N2O5. The minimum Gasteiger partial charge on any atom is -0.454 e. The van der Waals surface area contributed by atoms with Crippen molar-refractivity contribution in [1.29, 1.82) is 0 Å². The monoisotopic (exact) mass is 408 g/mol. The molecule has 0 spiro atoms. The average Bonchev–Trinajstić information content (AvgIpc) is 2.96. The minimum atomic E-state index is -1.15. The number of rotatable bonds is 5. The van der Waals surface area contributed by atoms with Gasteiger partial charge in [-0.25, -0.2) is 4.79 Å². The quantitative estimate of drug-likeness (QED) is 0.606. The molecule has 7 nitrogen and oxygen atoms in total. The van der Waals surface area contributed by atoms with Crippen LogP contribution < -0.4 is 5.32 Å². The number of amides is 3. The molecule has 1 atom stereocenters. The normalized spacial score (nSPS) is 14.3. The van der Waals surface area contributed by atoms with E-state index in [4.69, 9.17) is 4.74 Å². The predicted octanol–water partition coefficient (Wildman–Crippen LogP) is 3.15. The van der Waals surface area contributed by atoms with Gasteiger partial charge in [0.1, 0.15) is 6.04 Å². The second kappa shape index (κ2) is 8.10. The number of benzene rings is 2. The Labute approximate surface area is 175 Å². The predicted molar refractivity (Wildman–Crippen MR) is 111 cm³/mol. The molecule has 0 aliphatic carbocycles. The third-order valence-corrected chi connectivity index (χ3v) is 4.91. The molecule has 1 aliphatic heterocycles. The highest BCUT2D eigenvalue weighted by Crippen LogP contribution is 2.29. The van der Waals surface area contributed by atoms with Crippen molar-refractivity contribution in [3.63, 3.8) is 0 Å². The lowest BCUT2D eigenvalue weighted by Crippen LogP contribution is -2.44. The van der Waals surface area contributed by atoms with Crippen molar-refractivity contribution in [1.82, 2.24) is 4.90 Å². The third kappa shape index (κ3) is 4.10. The summed E-state index contributed by atoms with van der Waals surface area (Å²) in [6, 6.07) is 12.6. The fraction of sp³-hybridized carbons (Fsp3) is 0.304. The Hall–Kier alpha value is -3.48. The number of hydrogen-bond acceptors (Lipinski definition) is 5. The van der Waals surface area contributed by atoms with Crippen molar-refractivity contribution >= 4 is 29.4 Å². The van der Waals surface area contributed by atoms with Crippen molar-refractivity contribution < 1.29 is 23.9 Å². The maximum atomic E-state index is 12.5. The molecule has 0 radical (unpaired) electrons. The summed E-state index contributed by atoms with van der Waals surface area (Å²) in [7, 11) is 0. The Kier molecular flexibility index (Phi) is 5.73. The van der Waals surface area contributed by atoms with Gasteiger partial charge in [-0.15, -0.1) is 0 Å². The number of nitrogens with zero attached hydrogens (tertiary/aromatic N) is 1. The van der Waals surface area contributed by atoms with Gasteiger partial charge < -0.3 is 10.1 Å². The summed E-state index contributed by atoms with van der Waals surface area (Å²) in [5, 5.41) is 2.75. The van der Waals surface area contributed by atoms with E-state index in [1.807, 2.05) is 32.9 Å². The van der Waals surface area contributed by atoms with Gasteiger partial charge in [0.05, 0.1) is 11.1 Å². The highest BCUT2D eigenvalue weighted by Gasteiger charge is 2.41. The number of carbonyl (C=O) groups is 4. The molecule has 0 saturated carbocycles. The zero-order valence-corrected chi connectivity index (χ0v) is 17.4. The van der Waals surface area contributed by atoms with E-state index in [0.717, 1.165) is 10.5 Å². The van der Waals surface area contributed by atoms with E-state index < -0.39 is 36.3 Å². The molecule has 156 valence electrons. The Bertz CT molecular complexity index is 987.